The van der Waals surface area contributed by atoms with Gasteiger partial charge in [-0.2, -0.15) is 0 Å². The molecule has 3 aliphatic heterocycles. The van der Waals surface area contributed by atoms with E-state index in [2.05, 4.69) is 0 Å². The molecule has 0 saturated carbocycles. The summed E-state index contributed by atoms with van der Waals surface area (Å²) in [4.78, 5) is 27.1. The normalized spacial score (nSPS) is 27.8. The summed E-state index contributed by atoms with van der Waals surface area (Å²) in [5, 5.41) is 0. The molecule has 3 heterocycles. The van der Waals surface area contributed by atoms with Crippen molar-refractivity contribution in [2.24, 2.45) is 17.1 Å². The van der Waals surface area contributed by atoms with Gasteiger partial charge in [-0.1, -0.05) is 19.1 Å². The molecule has 0 radical (unpaired) electrons. The van der Waals surface area contributed by atoms with E-state index in [1.54, 1.807) is 4.90 Å². The van der Waals surface area contributed by atoms with E-state index in [1.807, 2.05) is 24.0 Å². The molecule has 1 spiro atoms. The number of likely N-dealkylation sites (tertiary alicyclic amines) is 1. The maximum absolute atomic E-state index is 12.4. The minimum Gasteiger partial charge on any atom is -0.378 e. The second kappa shape index (κ2) is 5.91. The molecule has 22 heavy (non-hydrogen) atoms. The smallest absolute Gasteiger partial charge is 0.314 e. The number of hydrogen-bond acceptors (Lipinski definition) is 3. The predicted octanol–water partition coefficient (Wildman–Crippen LogP) is 0.971. The Morgan fingerprint density at radius 3 is 2.64 bits per heavy atom. The van der Waals surface area contributed by atoms with E-state index in [9.17, 15) is 9.59 Å². The van der Waals surface area contributed by atoms with Gasteiger partial charge in [0.2, 0.25) is 5.91 Å². The van der Waals surface area contributed by atoms with Gasteiger partial charge in [0.1, 0.15) is 0 Å². The lowest BCUT2D eigenvalue weighted by atomic mass is 9.70. The van der Waals surface area contributed by atoms with Gasteiger partial charge in [0.05, 0.1) is 6.10 Å². The Kier molecular flexibility index (Phi) is 4.12. The van der Waals surface area contributed by atoms with Gasteiger partial charge in [0.25, 0.3) is 0 Å². The average Bonchev–Trinajstić information content (AvgIpc) is 2.98. The van der Waals surface area contributed by atoms with Crippen LogP contribution in [0.25, 0.3) is 0 Å². The van der Waals surface area contributed by atoms with Crippen molar-refractivity contribution < 1.29 is 14.3 Å². The summed E-state index contributed by atoms with van der Waals surface area (Å²) in [5.74, 6) is 0.188. The first kappa shape index (κ1) is 15.3. The summed E-state index contributed by atoms with van der Waals surface area (Å²) in [7, 11) is 0. The summed E-state index contributed by atoms with van der Waals surface area (Å²) < 4.78 is 5.87. The van der Waals surface area contributed by atoms with Gasteiger partial charge in [-0.25, -0.2) is 4.79 Å². The van der Waals surface area contributed by atoms with Gasteiger partial charge in [0.15, 0.2) is 0 Å². The zero-order chi connectivity index (χ0) is 15.7. The third-order valence-corrected chi connectivity index (χ3v) is 5.18. The molecular weight excluding hydrogens is 282 g/mol. The fraction of sp³-hybridized carbons (Fsp3) is 0.750. The molecule has 3 amide bonds. The van der Waals surface area contributed by atoms with E-state index >= 15 is 0 Å². The van der Waals surface area contributed by atoms with Crippen LogP contribution < -0.4 is 5.73 Å². The van der Waals surface area contributed by atoms with Crippen molar-refractivity contribution in [2.45, 2.75) is 32.3 Å². The largest absolute Gasteiger partial charge is 0.378 e. The number of hydrogen-bond donors (Lipinski definition) is 1. The summed E-state index contributed by atoms with van der Waals surface area (Å²) >= 11 is 0. The highest BCUT2D eigenvalue weighted by Crippen LogP contribution is 2.42. The van der Waals surface area contributed by atoms with Crippen molar-refractivity contribution >= 4 is 11.9 Å². The molecule has 2 atom stereocenters. The van der Waals surface area contributed by atoms with Crippen LogP contribution in [0.1, 0.15) is 26.2 Å². The molecule has 2 fully saturated rings. The first-order valence-electron chi connectivity index (χ1n) is 8.09. The highest BCUT2D eigenvalue weighted by Gasteiger charge is 2.48. The Labute approximate surface area is 131 Å². The SMILES string of the molecule is CC(CC1CC2(CCO1)CN(C(N)=O)C2)C(=O)N1CC=CC1. The molecule has 0 aromatic carbocycles. The minimum absolute atomic E-state index is 0.0210. The zero-order valence-electron chi connectivity index (χ0n) is 13.2. The van der Waals surface area contributed by atoms with Crippen molar-refractivity contribution in [3.05, 3.63) is 12.2 Å². The number of carbonyl (C=O) groups is 2. The number of amides is 3. The van der Waals surface area contributed by atoms with E-state index in [0.717, 1.165) is 45.4 Å². The van der Waals surface area contributed by atoms with E-state index < -0.39 is 0 Å². The van der Waals surface area contributed by atoms with Crippen molar-refractivity contribution in [3.8, 4) is 0 Å². The van der Waals surface area contributed by atoms with Gasteiger partial charge < -0.3 is 20.3 Å². The number of primary amides is 1. The van der Waals surface area contributed by atoms with Crippen molar-refractivity contribution in [3.63, 3.8) is 0 Å². The topological polar surface area (TPSA) is 75.9 Å². The molecule has 6 heteroatoms. The maximum Gasteiger partial charge on any atom is 0.314 e. The standard InChI is InChI=1S/C16H25N3O3/c1-12(14(20)18-5-2-3-6-18)8-13-9-16(4-7-22-13)10-19(11-16)15(17)21/h2-3,12-13H,4-11H2,1H3,(H2,17,21). The molecular formula is C16H25N3O3. The highest BCUT2D eigenvalue weighted by atomic mass is 16.5. The Bertz CT molecular complexity index is 477. The lowest BCUT2D eigenvalue weighted by Crippen LogP contribution is -2.62. The quantitative estimate of drug-likeness (QED) is 0.789. The molecule has 0 aliphatic carbocycles. The van der Waals surface area contributed by atoms with Crippen LogP contribution >= 0.6 is 0 Å². The number of ether oxygens (including phenoxy) is 1. The van der Waals surface area contributed by atoms with Gasteiger partial charge in [-0.15, -0.1) is 0 Å². The molecule has 2 unspecified atom stereocenters. The van der Waals surface area contributed by atoms with Crippen LogP contribution in [0.5, 0.6) is 0 Å². The second-order valence-corrected chi connectivity index (χ2v) is 6.99. The van der Waals surface area contributed by atoms with Gasteiger partial charge >= 0.3 is 6.03 Å². The van der Waals surface area contributed by atoms with Crippen LogP contribution in [-0.2, 0) is 9.53 Å². The fourth-order valence-electron chi connectivity index (χ4n) is 3.91. The molecule has 3 rings (SSSR count). The number of urea groups is 1. The monoisotopic (exact) mass is 307 g/mol. The summed E-state index contributed by atoms with van der Waals surface area (Å²) in [6, 6.07) is -0.334. The van der Waals surface area contributed by atoms with Gasteiger partial charge in [0, 0.05) is 44.1 Å². The molecule has 2 N–H and O–H groups in total. The summed E-state index contributed by atoms with van der Waals surface area (Å²) in [6.07, 6.45) is 6.83. The van der Waals surface area contributed by atoms with Crippen LogP contribution in [0.2, 0.25) is 0 Å². The predicted molar refractivity (Wildman–Crippen MR) is 82.1 cm³/mol. The van der Waals surface area contributed by atoms with E-state index in [1.165, 1.54) is 0 Å². The van der Waals surface area contributed by atoms with Gasteiger partial charge in [-0.3, -0.25) is 4.79 Å². The molecule has 6 nitrogen and oxygen atoms in total. The number of nitrogens with two attached hydrogens (primary N) is 1. The summed E-state index contributed by atoms with van der Waals surface area (Å²) in [5.41, 5.74) is 5.47. The Balaban J connectivity index is 1.50. The summed E-state index contributed by atoms with van der Waals surface area (Å²) in [6.45, 7) is 5.63. The third-order valence-electron chi connectivity index (χ3n) is 5.18. The Morgan fingerprint density at radius 1 is 1.32 bits per heavy atom. The number of rotatable bonds is 3. The molecule has 3 aliphatic rings. The van der Waals surface area contributed by atoms with Gasteiger partial charge in [-0.05, 0) is 19.3 Å². The fourth-order valence-corrected chi connectivity index (χ4v) is 3.91. The lowest BCUT2D eigenvalue weighted by Gasteiger charge is -2.53. The van der Waals surface area contributed by atoms with Crippen LogP contribution in [-0.4, -0.2) is 60.6 Å². The Hall–Kier alpha value is -1.56. The number of nitrogens with zero attached hydrogens (tertiary/aromatic N) is 2. The van der Waals surface area contributed by atoms with Crippen LogP contribution in [0, 0.1) is 11.3 Å². The third kappa shape index (κ3) is 2.97. The zero-order valence-corrected chi connectivity index (χ0v) is 13.2. The lowest BCUT2D eigenvalue weighted by molar-refractivity contribution is -0.138. The first-order valence-corrected chi connectivity index (χ1v) is 8.09. The van der Waals surface area contributed by atoms with Crippen molar-refractivity contribution in [2.75, 3.05) is 32.8 Å². The van der Waals surface area contributed by atoms with Crippen molar-refractivity contribution in [1.29, 1.82) is 0 Å². The van der Waals surface area contributed by atoms with Crippen molar-refractivity contribution in [1.82, 2.24) is 9.80 Å². The van der Waals surface area contributed by atoms with Crippen LogP contribution in [0.3, 0.4) is 0 Å². The highest BCUT2D eigenvalue weighted by molar-refractivity contribution is 5.79. The molecule has 2 saturated heterocycles. The van der Waals surface area contributed by atoms with E-state index in [0.29, 0.717) is 6.61 Å². The second-order valence-electron chi connectivity index (χ2n) is 6.99. The minimum atomic E-state index is -0.334. The van der Waals surface area contributed by atoms with Crippen LogP contribution in [0.15, 0.2) is 12.2 Å². The van der Waals surface area contributed by atoms with E-state index in [4.69, 9.17) is 10.5 Å². The van der Waals surface area contributed by atoms with E-state index in [-0.39, 0.29) is 29.4 Å². The molecule has 0 aromatic rings. The average molecular weight is 307 g/mol. The molecule has 0 bridgehead atoms. The first-order chi connectivity index (χ1) is 10.5. The number of carbonyl (C=O) groups excluding carboxylic acids is 2. The van der Waals surface area contributed by atoms with Crippen LogP contribution in [0.4, 0.5) is 4.79 Å². The molecule has 0 aromatic heterocycles. The molecule has 122 valence electrons. The maximum atomic E-state index is 12.4. The Morgan fingerprint density at radius 2 is 2.00 bits per heavy atom.